The minimum atomic E-state index is -0.501. The van der Waals surface area contributed by atoms with Crippen LogP contribution in [-0.2, 0) is 9.47 Å². The first-order valence-corrected chi connectivity index (χ1v) is 5.79. The van der Waals surface area contributed by atoms with E-state index in [4.69, 9.17) is 26.8 Å². The number of amides is 1. The summed E-state index contributed by atoms with van der Waals surface area (Å²) in [6, 6.07) is 4.43. The molecule has 0 saturated heterocycles. The summed E-state index contributed by atoms with van der Waals surface area (Å²) in [5, 5.41) is 3.18. The molecule has 1 unspecified atom stereocenters. The molecule has 0 aliphatic heterocycles. The van der Waals surface area contributed by atoms with Crippen LogP contribution in [0.15, 0.2) is 18.2 Å². The highest BCUT2D eigenvalue weighted by molar-refractivity contribution is 6.33. The fourth-order valence-electron chi connectivity index (χ4n) is 1.55. The number of nitrogens with one attached hydrogen (secondary N) is 1. The summed E-state index contributed by atoms with van der Waals surface area (Å²) >= 11 is 5.79. The number of carbonyl (C=O) groups is 1. The van der Waals surface area contributed by atoms with Gasteiger partial charge in [-0.2, -0.15) is 0 Å². The Hall–Kier alpha value is -1.30. The van der Waals surface area contributed by atoms with Crippen LogP contribution < -0.4 is 11.1 Å². The molecule has 0 heterocycles. The molecule has 5 nitrogen and oxygen atoms in total. The Morgan fingerprint density at radius 2 is 2.00 bits per heavy atom. The van der Waals surface area contributed by atoms with Gasteiger partial charge in [0.1, 0.15) is 0 Å². The number of carbonyl (C=O) groups excluding carboxylic acids is 1. The molecule has 1 amide bonds. The van der Waals surface area contributed by atoms with Crippen molar-refractivity contribution < 1.29 is 14.3 Å². The number of nitrogens with two attached hydrogens (primary N) is 1. The van der Waals surface area contributed by atoms with Crippen LogP contribution in [0.2, 0.25) is 5.02 Å². The van der Waals surface area contributed by atoms with E-state index in [2.05, 4.69) is 5.32 Å². The summed E-state index contributed by atoms with van der Waals surface area (Å²) in [6.45, 7) is 1.79. The molecule has 0 saturated carbocycles. The Morgan fingerprint density at radius 1 is 1.39 bits per heavy atom. The molecule has 0 spiro atoms. The molecule has 1 aromatic carbocycles. The smallest absolute Gasteiger partial charge is 0.251 e. The normalized spacial score (nSPS) is 12.5. The Morgan fingerprint density at radius 3 is 2.50 bits per heavy atom. The number of hydrogen-bond acceptors (Lipinski definition) is 4. The van der Waals surface area contributed by atoms with Crippen molar-refractivity contribution in [2.75, 3.05) is 20.0 Å². The number of benzene rings is 1. The van der Waals surface area contributed by atoms with Gasteiger partial charge >= 0.3 is 0 Å². The van der Waals surface area contributed by atoms with Crippen molar-refractivity contribution in [1.29, 1.82) is 0 Å². The SMILES string of the molecule is COC(OC)C(C)NC(=O)c1ccc(Cl)c(N)c1. The summed E-state index contributed by atoms with van der Waals surface area (Å²) in [4.78, 5) is 11.9. The number of nitrogen functional groups attached to an aromatic ring is 1. The molecule has 0 aliphatic rings. The van der Waals surface area contributed by atoms with Gasteiger partial charge in [-0.3, -0.25) is 4.79 Å². The molecule has 0 radical (unpaired) electrons. The van der Waals surface area contributed by atoms with E-state index in [1.54, 1.807) is 19.1 Å². The maximum absolute atomic E-state index is 11.9. The molecular weight excluding hydrogens is 256 g/mol. The zero-order valence-corrected chi connectivity index (χ0v) is 11.3. The van der Waals surface area contributed by atoms with Crippen LogP contribution in [0.4, 0.5) is 5.69 Å². The minimum Gasteiger partial charge on any atom is -0.398 e. The molecule has 0 aliphatic carbocycles. The van der Waals surface area contributed by atoms with Crippen LogP contribution in [0.3, 0.4) is 0 Å². The van der Waals surface area contributed by atoms with E-state index in [0.717, 1.165) is 0 Å². The largest absolute Gasteiger partial charge is 0.398 e. The van der Waals surface area contributed by atoms with Crippen molar-refractivity contribution in [2.45, 2.75) is 19.3 Å². The lowest BCUT2D eigenvalue weighted by Gasteiger charge is -2.22. The van der Waals surface area contributed by atoms with Crippen LogP contribution in [0.25, 0.3) is 0 Å². The second-order valence-corrected chi connectivity index (χ2v) is 4.25. The van der Waals surface area contributed by atoms with Crippen molar-refractivity contribution in [1.82, 2.24) is 5.32 Å². The Labute approximate surface area is 111 Å². The first-order chi connectivity index (χ1) is 8.49. The fraction of sp³-hybridized carbons (Fsp3) is 0.417. The van der Waals surface area contributed by atoms with Gasteiger partial charge in [-0.1, -0.05) is 11.6 Å². The quantitative estimate of drug-likeness (QED) is 0.632. The second kappa shape index (κ2) is 6.58. The molecule has 0 fully saturated rings. The molecule has 3 N–H and O–H groups in total. The highest BCUT2D eigenvalue weighted by Gasteiger charge is 2.19. The summed E-state index contributed by atoms with van der Waals surface area (Å²) in [5.74, 6) is -0.259. The van der Waals surface area contributed by atoms with Crippen LogP contribution in [0, 0.1) is 0 Å². The van der Waals surface area contributed by atoms with Gasteiger partial charge in [0.05, 0.1) is 16.8 Å². The van der Waals surface area contributed by atoms with E-state index in [-0.39, 0.29) is 11.9 Å². The van der Waals surface area contributed by atoms with E-state index < -0.39 is 6.29 Å². The van der Waals surface area contributed by atoms with Gasteiger partial charge in [-0.25, -0.2) is 0 Å². The third-order valence-electron chi connectivity index (χ3n) is 2.49. The molecular formula is C12H17ClN2O3. The van der Waals surface area contributed by atoms with Crippen molar-refractivity contribution >= 4 is 23.2 Å². The number of ether oxygens (including phenoxy) is 2. The summed E-state index contributed by atoms with van der Waals surface area (Å²) < 4.78 is 10.1. The first kappa shape index (κ1) is 14.8. The first-order valence-electron chi connectivity index (χ1n) is 5.41. The number of anilines is 1. The van der Waals surface area contributed by atoms with Gasteiger partial charge in [-0.15, -0.1) is 0 Å². The average molecular weight is 273 g/mol. The monoisotopic (exact) mass is 272 g/mol. The van der Waals surface area contributed by atoms with Gasteiger partial charge in [0.15, 0.2) is 6.29 Å². The van der Waals surface area contributed by atoms with Crippen molar-refractivity contribution in [2.24, 2.45) is 0 Å². The maximum atomic E-state index is 11.9. The summed E-state index contributed by atoms with van der Waals surface area (Å²) in [7, 11) is 3.02. The fourth-order valence-corrected chi connectivity index (χ4v) is 1.67. The predicted molar refractivity (Wildman–Crippen MR) is 70.6 cm³/mol. The lowest BCUT2D eigenvalue weighted by Crippen LogP contribution is -2.42. The van der Waals surface area contributed by atoms with Crippen LogP contribution in [0.5, 0.6) is 0 Å². The highest BCUT2D eigenvalue weighted by Crippen LogP contribution is 2.19. The molecule has 1 aromatic rings. The Balaban J connectivity index is 2.73. The maximum Gasteiger partial charge on any atom is 0.251 e. The van der Waals surface area contributed by atoms with Gasteiger partial charge in [0, 0.05) is 19.8 Å². The minimum absolute atomic E-state index is 0.259. The lowest BCUT2D eigenvalue weighted by molar-refractivity contribution is -0.117. The van der Waals surface area contributed by atoms with Crippen molar-refractivity contribution in [3.8, 4) is 0 Å². The number of hydrogen-bond donors (Lipinski definition) is 2. The molecule has 1 atom stereocenters. The highest BCUT2D eigenvalue weighted by atomic mass is 35.5. The Bertz CT molecular complexity index is 422. The molecule has 6 heteroatoms. The molecule has 1 rings (SSSR count). The van der Waals surface area contributed by atoms with E-state index in [1.165, 1.54) is 20.3 Å². The number of rotatable bonds is 5. The van der Waals surface area contributed by atoms with E-state index >= 15 is 0 Å². The lowest BCUT2D eigenvalue weighted by atomic mass is 10.1. The van der Waals surface area contributed by atoms with Gasteiger partial charge < -0.3 is 20.5 Å². The molecule has 0 bridgehead atoms. The molecule has 0 aromatic heterocycles. The number of methoxy groups -OCH3 is 2. The van der Waals surface area contributed by atoms with E-state index in [1.807, 2.05) is 0 Å². The standard InChI is InChI=1S/C12H17ClN2O3/c1-7(12(17-2)18-3)15-11(16)8-4-5-9(13)10(14)6-8/h4-7,12H,14H2,1-3H3,(H,15,16). The zero-order chi connectivity index (χ0) is 13.7. The van der Waals surface area contributed by atoms with Crippen molar-refractivity contribution in [3.05, 3.63) is 28.8 Å². The van der Waals surface area contributed by atoms with Crippen molar-refractivity contribution in [3.63, 3.8) is 0 Å². The van der Waals surface area contributed by atoms with Crippen LogP contribution >= 0.6 is 11.6 Å². The third kappa shape index (κ3) is 3.60. The van der Waals surface area contributed by atoms with Crippen LogP contribution in [0.1, 0.15) is 17.3 Å². The van der Waals surface area contributed by atoms with E-state index in [9.17, 15) is 4.79 Å². The summed E-state index contributed by atoms with van der Waals surface area (Å²) in [5.41, 5.74) is 6.45. The summed E-state index contributed by atoms with van der Waals surface area (Å²) in [6.07, 6.45) is -0.501. The second-order valence-electron chi connectivity index (χ2n) is 3.84. The molecule has 18 heavy (non-hydrogen) atoms. The zero-order valence-electron chi connectivity index (χ0n) is 10.6. The van der Waals surface area contributed by atoms with Gasteiger partial charge in [0.25, 0.3) is 5.91 Å². The third-order valence-corrected chi connectivity index (χ3v) is 2.83. The number of halogens is 1. The topological polar surface area (TPSA) is 73.6 Å². The van der Waals surface area contributed by atoms with Gasteiger partial charge in [-0.05, 0) is 25.1 Å². The Kier molecular flexibility index (Phi) is 5.40. The van der Waals surface area contributed by atoms with Gasteiger partial charge in [0.2, 0.25) is 0 Å². The molecule has 100 valence electrons. The van der Waals surface area contributed by atoms with E-state index in [0.29, 0.717) is 16.3 Å². The average Bonchev–Trinajstić information content (AvgIpc) is 2.34. The van der Waals surface area contributed by atoms with Crippen LogP contribution in [-0.4, -0.2) is 32.5 Å². The predicted octanol–water partition coefficient (Wildman–Crippen LogP) is 1.66.